The van der Waals surface area contributed by atoms with Crippen LogP contribution in [-0.2, 0) is 19.8 Å². The van der Waals surface area contributed by atoms with E-state index in [0.717, 1.165) is 23.3 Å². The predicted octanol–water partition coefficient (Wildman–Crippen LogP) is 0.857. The van der Waals surface area contributed by atoms with Crippen LogP contribution < -0.4 is 5.32 Å². The van der Waals surface area contributed by atoms with Crippen molar-refractivity contribution in [3.63, 3.8) is 0 Å². The van der Waals surface area contributed by atoms with Gasteiger partial charge in [-0.25, -0.2) is 14.8 Å². The molecule has 23 heavy (non-hydrogen) atoms. The fraction of sp³-hybridized carbons (Fsp3) is 0.250. The number of hydrogen-bond acceptors (Lipinski definition) is 5. The molecule has 0 spiro atoms. The van der Waals surface area contributed by atoms with Gasteiger partial charge in [0.15, 0.2) is 11.4 Å². The fourth-order valence-electron chi connectivity index (χ4n) is 1.73. The number of aryl methyl sites for hydroxylation is 1. The van der Waals surface area contributed by atoms with E-state index in [2.05, 4.69) is 20.4 Å². The van der Waals surface area contributed by atoms with Crippen molar-refractivity contribution in [1.29, 1.82) is 0 Å². The smallest absolute Gasteiger partial charge is 0.435 e. The molecule has 2 aromatic heterocycles. The molecule has 0 radical (unpaired) electrons. The van der Waals surface area contributed by atoms with Gasteiger partial charge in [0.2, 0.25) is 0 Å². The Morgan fingerprint density at radius 2 is 1.87 bits per heavy atom. The summed E-state index contributed by atoms with van der Waals surface area (Å²) in [7, 11) is 1.33. The largest absolute Gasteiger partial charge is 0.476 e. The van der Waals surface area contributed by atoms with Crippen LogP contribution in [0.1, 0.15) is 32.2 Å². The SMILES string of the molecule is Cn1cc(CNC(=O)c2cnc(C(=O)O)cn2)c(C(F)(F)F)n1. The Hall–Kier alpha value is -2.98. The Balaban J connectivity index is 2.09. The van der Waals surface area contributed by atoms with Gasteiger partial charge >= 0.3 is 12.1 Å². The Kier molecular flexibility index (Phi) is 4.29. The summed E-state index contributed by atoms with van der Waals surface area (Å²) in [6, 6.07) is 0. The molecule has 0 aliphatic heterocycles. The van der Waals surface area contributed by atoms with Gasteiger partial charge in [0.1, 0.15) is 5.69 Å². The van der Waals surface area contributed by atoms with E-state index in [-0.39, 0.29) is 17.0 Å². The van der Waals surface area contributed by atoms with E-state index in [4.69, 9.17) is 5.11 Å². The van der Waals surface area contributed by atoms with E-state index in [1.165, 1.54) is 7.05 Å². The number of aromatic nitrogens is 4. The van der Waals surface area contributed by atoms with Crippen LogP contribution in [0.2, 0.25) is 0 Å². The van der Waals surface area contributed by atoms with Crippen LogP contribution in [0.4, 0.5) is 13.2 Å². The van der Waals surface area contributed by atoms with Crippen molar-refractivity contribution in [1.82, 2.24) is 25.1 Å². The number of carbonyl (C=O) groups is 2. The van der Waals surface area contributed by atoms with Crippen molar-refractivity contribution in [2.45, 2.75) is 12.7 Å². The minimum Gasteiger partial charge on any atom is -0.476 e. The first-order chi connectivity index (χ1) is 10.7. The van der Waals surface area contributed by atoms with Crippen LogP contribution in [0, 0.1) is 0 Å². The molecule has 122 valence electrons. The molecule has 8 nitrogen and oxygen atoms in total. The van der Waals surface area contributed by atoms with E-state index < -0.39 is 30.3 Å². The molecule has 0 atom stereocenters. The minimum atomic E-state index is -4.63. The number of carbonyl (C=O) groups excluding carboxylic acids is 1. The molecule has 2 aromatic rings. The van der Waals surface area contributed by atoms with Crippen molar-refractivity contribution >= 4 is 11.9 Å². The highest BCUT2D eigenvalue weighted by Crippen LogP contribution is 2.30. The quantitative estimate of drug-likeness (QED) is 0.861. The number of nitrogens with zero attached hydrogens (tertiary/aromatic N) is 4. The second-order valence-electron chi connectivity index (χ2n) is 4.45. The van der Waals surface area contributed by atoms with Gasteiger partial charge in [0, 0.05) is 25.4 Å². The fourth-order valence-corrected chi connectivity index (χ4v) is 1.73. The number of carboxylic acids is 1. The molecule has 0 bridgehead atoms. The van der Waals surface area contributed by atoms with E-state index in [0.29, 0.717) is 0 Å². The van der Waals surface area contributed by atoms with E-state index >= 15 is 0 Å². The number of aromatic carboxylic acids is 1. The molecule has 2 rings (SSSR count). The van der Waals surface area contributed by atoms with Crippen LogP contribution in [0.15, 0.2) is 18.6 Å². The van der Waals surface area contributed by atoms with Crippen molar-refractivity contribution < 1.29 is 27.9 Å². The maximum Gasteiger partial charge on any atom is 0.435 e. The number of nitrogens with one attached hydrogen (secondary N) is 1. The molecule has 0 fully saturated rings. The topological polar surface area (TPSA) is 110 Å². The summed E-state index contributed by atoms with van der Waals surface area (Å²) in [6.45, 7) is -0.413. The number of hydrogen-bond donors (Lipinski definition) is 2. The van der Waals surface area contributed by atoms with Gasteiger partial charge in [-0.05, 0) is 0 Å². The zero-order chi connectivity index (χ0) is 17.2. The lowest BCUT2D eigenvalue weighted by Gasteiger charge is -2.07. The molecule has 0 aromatic carbocycles. The van der Waals surface area contributed by atoms with E-state index in [9.17, 15) is 22.8 Å². The summed E-state index contributed by atoms with van der Waals surface area (Å²) in [5, 5.41) is 14.2. The number of alkyl halides is 3. The van der Waals surface area contributed by atoms with Gasteiger partial charge in [0.05, 0.1) is 12.4 Å². The van der Waals surface area contributed by atoms with E-state index in [1.54, 1.807) is 0 Å². The standard InChI is InChI=1S/C12H10F3N5O3/c1-20-5-6(9(19-20)12(13,14)15)2-18-10(21)7-3-17-8(4-16-7)11(22)23/h3-5H,2H2,1H3,(H,18,21)(H,22,23). The molecule has 11 heteroatoms. The second kappa shape index (κ2) is 6.02. The third-order valence-corrected chi connectivity index (χ3v) is 2.72. The van der Waals surface area contributed by atoms with Crippen LogP contribution in [-0.4, -0.2) is 36.7 Å². The van der Waals surface area contributed by atoms with Gasteiger partial charge in [-0.1, -0.05) is 0 Å². The summed E-state index contributed by atoms with van der Waals surface area (Å²) in [4.78, 5) is 29.5. The number of halogens is 3. The summed E-state index contributed by atoms with van der Waals surface area (Å²) < 4.78 is 39.3. The molecule has 0 unspecified atom stereocenters. The van der Waals surface area contributed by atoms with Gasteiger partial charge in [-0.2, -0.15) is 18.3 Å². The van der Waals surface area contributed by atoms with Gasteiger partial charge < -0.3 is 10.4 Å². The number of amides is 1. The zero-order valence-electron chi connectivity index (χ0n) is 11.6. The highest BCUT2D eigenvalue weighted by atomic mass is 19.4. The van der Waals surface area contributed by atoms with Crippen LogP contribution >= 0.6 is 0 Å². The summed E-state index contributed by atoms with van der Waals surface area (Å²) >= 11 is 0. The molecule has 2 heterocycles. The zero-order valence-corrected chi connectivity index (χ0v) is 11.6. The Morgan fingerprint density at radius 1 is 1.26 bits per heavy atom. The van der Waals surface area contributed by atoms with Crippen LogP contribution in [0.3, 0.4) is 0 Å². The van der Waals surface area contributed by atoms with Crippen molar-refractivity contribution in [2.24, 2.45) is 7.05 Å². The second-order valence-corrected chi connectivity index (χ2v) is 4.45. The molecule has 0 saturated carbocycles. The Labute approximate surface area is 127 Å². The van der Waals surface area contributed by atoms with E-state index in [1.807, 2.05) is 0 Å². The Morgan fingerprint density at radius 3 is 2.39 bits per heavy atom. The molecule has 0 aliphatic carbocycles. The number of rotatable bonds is 4. The third-order valence-electron chi connectivity index (χ3n) is 2.72. The van der Waals surface area contributed by atoms with Gasteiger partial charge in [-0.15, -0.1) is 0 Å². The maximum absolute atomic E-state index is 12.8. The molecule has 2 N–H and O–H groups in total. The monoisotopic (exact) mass is 329 g/mol. The molecule has 0 aliphatic rings. The summed E-state index contributed by atoms with van der Waals surface area (Å²) in [5.74, 6) is -2.10. The highest BCUT2D eigenvalue weighted by Gasteiger charge is 2.36. The normalized spacial score (nSPS) is 11.3. The minimum absolute atomic E-state index is 0.205. The van der Waals surface area contributed by atoms with Gasteiger partial charge in [-0.3, -0.25) is 9.48 Å². The van der Waals surface area contributed by atoms with Gasteiger partial charge in [0.25, 0.3) is 5.91 Å². The first kappa shape index (κ1) is 16.4. The average Bonchev–Trinajstić information content (AvgIpc) is 2.86. The first-order valence-corrected chi connectivity index (χ1v) is 6.11. The lowest BCUT2D eigenvalue weighted by atomic mass is 10.2. The van der Waals surface area contributed by atoms with Crippen molar-refractivity contribution in [3.8, 4) is 0 Å². The first-order valence-electron chi connectivity index (χ1n) is 6.11. The maximum atomic E-state index is 12.8. The predicted molar refractivity (Wildman–Crippen MR) is 68.4 cm³/mol. The average molecular weight is 329 g/mol. The van der Waals surface area contributed by atoms with Crippen LogP contribution in [0.5, 0.6) is 0 Å². The third kappa shape index (κ3) is 3.81. The Bertz CT molecular complexity index is 739. The molecule has 1 amide bonds. The highest BCUT2D eigenvalue weighted by molar-refractivity contribution is 5.92. The van der Waals surface area contributed by atoms with Crippen LogP contribution in [0.25, 0.3) is 0 Å². The lowest BCUT2D eigenvalue weighted by Crippen LogP contribution is -2.25. The lowest BCUT2D eigenvalue weighted by molar-refractivity contribution is -0.142. The van der Waals surface area contributed by atoms with Crippen molar-refractivity contribution in [3.05, 3.63) is 41.2 Å². The molecular formula is C12H10F3N5O3. The number of carboxylic acid groups (broad SMARTS) is 1. The summed E-state index contributed by atoms with van der Waals surface area (Å²) in [5.41, 5.74) is -1.86. The van der Waals surface area contributed by atoms with Crippen molar-refractivity contribution in [2.75, 3.05) is 0 Å². The molecule has 0 saturated heterocycles. The summed E-state index contributed by atoms with van der Waals surface area (Å²) in [6.07, 6.45) is -1.69. The molecular weight excluding hydrogens is 319 g/mol.